The summed E-state index contributed by atoms with van der Waals surface area (Å²) < 4.78 is 164. The van der Waals surface area contributed by atoms with Crippen LogP contribution in [0.3, 0.4) is 0 Å². The average Bonchev–Trinajstić information content (AvgIpc) is 2.68. The van der Waals surface area contributed by atoms with Gasteiger partial charge in [0.05, 0.1) is 52.9 Å². The van der Waals surface area contributed by atoms with Crippen LogP contribution < -0.4 is 0 Å². The van der Waals surface area contributed by atoms with Gasteiger partial charge in [0.15, 0.2) is 0 Å². The van der Waals surface area contributed by atoms with E-state index in [-0.39, 0.29) is 26.4 Å². The molecule has 0 aromatic carbocycles. The first-order valence-electron chi connectivity index (χ1n) is 10.9. The molecule has 0 amide bonds. The van der Waals surface area contributed by atoms with Crippen molar-refractivity contribution < 1.29 is 79.6 Å². The van der Waals surface area contributed by atoms with Crippen molar-refractivity contribution >= 4 is 20.8 Å². The lowest BCUT2D eigenvalue weighted by atomic mass is 9.92. The maximum Gasteiger partial charge on any atom is 0.411 e. The molecule has 12 nitrogen and oxygen atoms in total. The van der Waals surface area contributed by atoms with E-state index >= 15 is 0 Å². The largest absolute Gasteiger partial charge is 0.411 e. The number of rotatable bonds is 20. The van der Waals surface area contributed by atoms with Gasteiger partial charge in [0.2, 0.25) is 0 Å². The van der Waals surface area contributed by atoms with E-state index in [4.69, 9.17) is 18.6 Å². The van der Waals surface area contributed by atoms with Crippen molar-refractivity contribution in [2.75, 3.05) is 66.1 Å². The predicted molar refractivity (Wildman–Crippen MR) is 120 cm³/mol. The molecule has 0 rings (SSSR count). The highest BCUT2D eigenvalue weighted by molar-refractivity contribution is 7.81. The lowest BCUT2D eigenvalue weighted by Crippen LogP contribution is -2.39. The highest BCUT2D eigenvalue weighted by Crippen LogP contribution is 2.26. The Balaban J connectivity index is 5.05. The standard InChI is InChI=1S/C19H34F6O12S2/c1-15(2,5-32-7-16(3,11-36-38(26,27)28)9-34-13-18(20,21)22)6-33-8-17(4,12-37-39(29,30)31)10-35-14-19(23,24)25/h5-14H2,1-4H3,(H,26,27,28)(H,29,30,31). The Morgan fingerprint density at radius 1 is 0.487 bits per heavy atom. The maximum absolute atomic E-state index is 12.4. The van der Waals surface area contributed by atoms with Gasteiger partial charge in [0.25, 0.3) is 0 Å². The minimum absolute atomic E-state index is 0.128. The van der Waals surface area contributed by atoms with Crippen LogP contribution in [-0.4, -0.2) is 104 Å². The van der Waals surface area contributed by atoms with Crippen LogP contribution >= 0.6 is 0 Å². The van der Waals surface area contributed by atoms with Gasteiger partial charge in [-0.25, -0.2) is 8.37 Å². The van der Waals surface area contributed by atoms with Crippen LogP contribution in [-0.2, 0) is 48.1 Å². The molecular formula is C19H34F6O12S2. The Kier molecular flexibility index (Phi) is 14.6. The predicted octanol–water partition coefficient (Wildman–Crippen LogP) is 2.86. The van der Waals surface area contributed by atoms with Crippen LogP contribution in [0.2, 0.25) is 0 Å². The van der Waals surface area contributed by atoms with Gasteiger partial charge in [-0.2, -0.15) is 43.2 Å². The zero-order valence-electron chi connectivity index (χ0n) is 21.6. The quantitative estimate of drug-likeness (QED) is 0.149. The Morgan fingerprint density at radius 3 is 0.974 bits per heavy atom. The average molecular weight is 633 g/mol. The Hall–Kier alpha value is -0.840. The molecule has 2 N–H and O–H groups in total. The SMILES string of the molecule is CC(C)(COCC(C)(COCC(F)(F)F)COS(=O)(=O)O)COCC(C)(COCC(F)(F)F)COS(=O)(=O)O. The molecule has 0 saturated heterocycles. The molecule has 0 radical (unpaired) electrons. The minimum atomic E-state index is -4.91. The highest BCUT2D eigenvalue weighted by Gasteiger charge is 2.35. The van der Waals surface area contributed by atoms with E-state index < -0.39 is 89.0 Å². The maximum atomic E-state index is 12.4. The van der Waals surface area contributed by atoms with Gasteiger partial charge in [-0.05, 0) is 0 Å². The van der Waals surface area contributed by atoms with Gasteiger partial charge in [-0.1, -0.05) is 27.7 Å². The summed E-state index contributed by atoms with van der Waals surface area (Å²) in [6.45, 7) is -1.30. The molecule has 20 heteroatoms. The summed E-state index contributed by atoms with van der Waals surface area (Å²) >= 11 is 0. The zero-order chi connectivity index (χ0) is 30.8. The molecule has 0 spiro atoms. The molecule has 0 heterocycles. The molecule has 2 unspecified atom stereocenters. The van der Waals surface area contributed by atoms with Gasteiger partial charge in [-0.15, -0.1) is 0 Å². The van der Waals surface area contributed by atoms with Gasteiger partial charge in [0, 0.05) is 16.2 Å². The third-order valence-corrected chi connectivity index (χ3v) is 5.26. The first-order chi connectivity index (χ1) is 17.2. The van der Waals surface area contributed by atoms with Crippen LogP contribution in [0.15, 0.2) is 0 Å². The molecule has 0 aliphatic carbocycles. The molecule has 0 saturated carbocycles. The monoisotopic (exact) mass is 632 g/mol. The number of hydrogen-bond donors (Lipinski definition) is 2. The third kappa shape index (κ3) is 22.5. The van der Waals surface area contributed by atoms with Gasteiger partial charge >= 0.3 is 33.2 Å². The topological polar surface area (TPSA) is 164 Å². The second-order valence-electron chi connectivity index (χ2n) is 10.4. The fourth-order valence-electron chi connectivity index (χ4n) is 2.70. The fourth-order valence-corrected chi connectivity index (χ4v) is 3.57. The van der Waals surface area contributed by atoms with Crippen LogP contribution in [0.4, 0.5) is 26.3 Å². The summed E-state index contributed by atoms with van der Waals surface area (Å²) in [5.74, 6) is 0. The summed E-state index contributed by atoms with van der Waals surface area (Å²) in [6, 6.07) is 0. The summed E-state index contributed by atoms with van der Waals surface area (Å²) in [4.78, 5) is 0. The van der Waals surface area contributed by atoms with Crippen LogP contribution in [0, 0.1) is 16.2 Å². The lowest BCUT2D eigenvalue weighted by molar-refractivity contribution is -0.185. The summed E-state index contributed by atoms with van der Waals surface area (Å²) in [5.41, 5.74) is -3.73. The van der Waals surface area contributed by atoms with E-state index in [0.29, 0.717) is 0 Å². The van der Waals surface area contributed by atoms with Crippen LogP contribution in [0.1, 0.15) is 27.7 Å². The molecule has 0 aliphatic heterocycles. The fraction of sp³-hybridized carbons (Fsp3) is 1.00. The van der Waals surface area contributed by atoms with E-state index in [2.05, 4.69) is 17.8 Å². The van der Waals surface area contributed by atoms with Crippen molar-refractivity contribution in [3.63, 3.8) is 0 Å². The third-order valence-electron chi connectivity index (χ3n) is 4.43. The van der Waals surface area contributed by atoms with E-state index in [1.165, 1.54) is 13.8 Å². The minimum Gasteiger partial charge on any atom is -0.380 e. The van der Waals surface area contributed by atoms with E-state index in [1.54, 1.807) is 13.8 Å². The number of alkyl halides is 6. The van der Waals surface area contributed by atoms with Crippen molar-refractivity contribution in [3.05, 3.63) is 0 Å². The van der Waals surface area contributed by atoms with Gasteiger partial charge in [0.1, 0.15) is 13.2 Å². The number of halogens is 6. The normalized spacial score (nSPS) is 17.1. The van der Waals surface area contributed by atoms with Gasteiger partial charge < -0.3 is 18.9 Å². The van der Waals surface area contributed by atoms with Crippen LogP contribution in [0.25, 0.3) is 0 Å². The molecule has 0 aromatic heterocycles. The molecular weight excluding hydrogens is 598 g/mol. The number of ether oxygens (including phenoxy) is 4. The lowest BCUT2D eigenvalue weighted by Gasteiger charge is -2.32. The van der Waals surface area contributed by atoms with Crippen molar-refractivity contribution in [1.29, 1.82) is 0 Å². The first-order valence-corrected chi connectivity index (χ1v) is 13.7. The molecule has 0 fully saturated rings. The molecule has 2 atom stereocenters. The van der Waals surface area contributed by atoms with Crippen molar-refractivity contribution in [2.24, 2.45) is 16.2 Å². The highest BCUT2D eigenvalue weighted by atomic mass is 32.3. The van der Waals surface area contributed by atoms with Crippen molar-refractivity contribution in [3.8, 4) is 0 Å². The Bertz CT molecular complexity index is 866. The second kappa shape index (κ2) is 14.9. The summed E-state index contributed by atoms with van der Waals surface area (Å²) in [6.07, 6.45) is -9.30. The molecule has 236 valence electrons. The van der Waals surface area contributed by atoms with Crippen LogP contribution in [0.5, 0.6) is 0 Å². The van der Waals surface area contributed by atoms with Crippen molar-refractivity contribution in [1.82, 2.24) is 0 Å². The summed E-state index contributed by atoms with van der Waals surface area (Å²) in [7, 11) is -9.82. The zero-order valence-corrected chi connectivity index (χ0v) is 23.3. The second-order valence-corrected chi connectivity index (χ2v) is 12.5. The van der Waals surface area contributed by atoms with Gasteiger partial charge in [-0.3, -0.25) is 9.11 Å². The van der Waals surface area contributed by atoms with E-state index in [0.717, 1.165) is 0 Å². The number of hydrogen-bond acceptors (Lipinski definition) is 10. The molecule has 39 heavy (non-hydrogen) atoms. The molecule has 0 bridgehead atoms. The van der Waals surface area contributed by atoms with E-state index in [9.17, 15) is 43.2 Å². The van der Waals surface area contributed by atoms with Crippen molar-refractivity contribution in [2.45, 2.75) is 40.0 Å². The Morgan fingerprint density at radius 2 is 0.744 bits per heavy atom. The Labute approximate surface area is 223 Å². The smallest absolute Gasteiger partial charge is 0.380 e. The summed E-state index contributed by atoms with van der Waals surface area (Å²) in [5, 5.41) is 0. The van der Waals surface area contributed by atoms with E-state index in [1.807, 2.05) is 0 Å². The molecule has 0 aromatic rings. The molecule has 0 aliphatic rings. The first kappa shape index (κ1) is 38.2.